The Hall–Kier alpha value is -2.33. The number of aromatic carboxylic acids is 1. The van der Waals surface area contributed by atoms with Gasteiger partial charge in [-0.15, -0.1) is 0 Å². The molecule has 3 N–H and O–H groups in total. The molecule has 0 saturated heterocycles. The van der Waals surface area contributed by atoms with Gasteiger partial charge in [0, 0.05) is 12.2 Å². The fraction of sp³-hybridized carbons (Fsp3) is 0.0714. The zero-order valence-electron chi connectivity index (χ0n) is 9.76. The lowest BCUT2D eigenvalue weighted by Gasteiger charge is -2.08. The Morgan fingerprint density at radius 2 is 1.67 bits per heavy atom. The summed E-state index contributed by atoms with van der Waals surface area (Å²) in [4.78, 5) is 10.7. The first-order valence-corrected chi connectivity index (χ1v) is 5.62. The maximum Gasteiger partial charge on any atom is 0.335 e. The van der Waals surface area contributed by atoms with Crippen molar-refractivity contribution in [3.05, 3.63) is 65.7 Å². The third-order valence-corrected chi connectivity index (χ3v) is 2.50. The van der Waals surface area contributed by atoms with Crippen LogP contribution in [0.3, 0.4) is 0 Å². The van der Waals surface area contributed by atoms with Crippen LogP contribution >= 0.6 is 0 Å². The van der Waals surface area contributed by atoms with Crippen LogP contribution in [-0.2, 0) is 6.54 Å². The number of carbonyl (C=O) groups is 1. The van der Waals surface area contributed by atoms with E-state index in [9.17, 15) is 4.79 Å². The molecule has 0 heterocycles. The number of hydrogen-bond acceptors (Lipinski definition) is 3. The van der Waals surface area contributed by atoms with Crippen molar-refractivity contribution >= 4 is 11.7 Å². The Morgan fingerprint density at radius 1 is 1.00 bits per heavy atom. The number of rotatable bonds is 5. The molecular formula is C14H14N2O2. The van der Waals surface area contributed by atoms with Crippen LogP contribution in [0, 0.1) is 0 Å². The second kappa shape index (κ2) is 5.84. The summed E-state index contributed by atoms with van der Waals surface area (Å²) >= 11 is 0. The second-order valence-corrected chi connectivity index (χ2v) is 3.85. The van der Waals surface area contributed by atoms with Crippen molar-refractivity contribution in [1.82, 2.24) is 5.43 Å². The van der Waals surface area contributed by atoms with Gasteiger partial charge in [0.05, 0.1) is 5.56 Å². The number of benzene rings is 2. The zero-order chi connectivity index (χ0) is 12.8. The monoisotopic (exact) mass is 242 g/mol. The van der Waals surface area contributed by atoms with Gasteiger partial charge in [-0.3, -0.25) is 0 Å². The summed E-state index contributed by atoms with van der Waals surface area (Å²) in [6.45, 7) is 0.620. The van der Waals surface area contributed by atoms with Crippen LogP contribution < -0.4 is 10.9 Å². The molecule has 0 unspecified atom stereocenters. The minimum absolute atomic E-state index is 0.301. The molecule has 18 heavy (non-hydrogen) atoms. The maximum absolute atomic E-state index is 10.7. The van der Waals surface area contributed by atoms with Gasteiger partial charge in [-0.1, -0.05) is 30.3 Å². The van der Waals surface area contributed by atoms with E-state index in [1.54, 1.807) is 24.3 Å². The number of nitrogens with one attached hydrogen (secondary N) is 2. The molecule has 0 aliphatic rings. The Bertz CT molecular complexity index is 509. The number of hydrogen-bond donors (Lipinski definition) is 3. The minimum atomic E-state index is -0.906. The van der Waals surface area contributed by atoms with Crippen LogP contribution in [0.1, 0.15) is 15.9 Å². The van der Waals surface area contributed by atoms with E-state index in [1.165, 1.54) is 0 Å². The van der Waals surface area contributed by atoms with Gasteiger partial charge in [-0.25, -0.2) is 10.2 Å². The molecule has 2 aromatic carbocycles. The molecule has 92 valence electrons. The van der Waals surface area contributed by atoms with E-state index in [4.69, 9.17) is 5.11 Å². The van der Waals surface area contributed by atoms with E-state index in [1.807, 2.05) is 30.3 Å². The Morgan fingerprint density at radius 3 is 2.28 bits per heavy atom. The van der Waals surface area contributed by atoms with Gasteiger partial charge in [0.25, 0.3) is 0 Å². The normalized spacial score (nSPS) is 10.0. The van der Waals surface area contributed by atoms with Crippen molar-refractivity contribution in [1.29, 1.82) is 0 Å². The number of anilines is 1. The first-order valence-electron chi connectivity index (χ1n) is 5.62. The number of carboxylic acid groups (broad SMARTS) is 1. The lowest BCUT2D eigenvalue weighted by Crippen LogP contribution is -2.20. The van der Waals surface area contributed by atoms with Gasteiger partial charge < -0.3 is 10.5 Å². The van der Waals surface area contributed by atoms with E-state index in [0.29, 0.717) is 12.1 Å². The highest BCUT2D eigenvalue weighted by molar-refractivity contribution is 5.87. The van der Waals surface area contributed by atoms with Gasteiger partial charge >= 0.3 is 5.97 Å². The first-order chi connectivity index (χ1) is 8.75. The molecule has 2 aromatic rings. The van der Waals surface area contributed by atoms with Crippen LogP contribution in [0.25, 0.3) is 0 Å². The summed E-state index contributed by atoms with van der Waals surface area (Å²) in [5.74, 6) is -0.906. The largest absolute Gasteiger partial charge is 0.478 e. The molecule has 4 nitrogen and oxygen atoms in total. The molecular weight excluding hydrogens is 228 g/mol. The first kappa shape index (κ1) is 12.1. The summed E-state index contributed by atoms with van der Waals surface area (Å²) in [7, 11) is 0. The third kappa shape index (κ3) is 3.33. The number of hydrazine groups is 1. The Balaban J connectivity index is 1.85. The predicted molar refractivity (Wildman–Crippen MR) is 70.3 cm³/mol. The second-order valence-electron chi connectivity index (χ2n) is 3.85. The summed E-state index contributed by atoms with van der Waals surface area (Å²) in [5.41, 5.74) is 8.44. The van der Waals surface area contributed by atoms with Crippen molar-refractivity contribution in [3.63, 3.8) is 0 Å². The average Bonchev–Trinajstić information content (AvgIpc) is 2.40. The highest BCUT2D eigenvalue weighted by Gasteiger charge is 2.01. The van der Waals surface area contributed by atoms with Crippen molar-refractivity contribution in [2.75, 3.05) is 5.43 Å². The van der Waals surface area contributed by atoms with Crippen molar-refractivity contribution < 1.29 is 9.90 Å². The quantitative estimate of drug-likeness (QED) is 0.705. The van der Waals surface area contributed by atoms with Crippen LogP contribution in [0.4, 0.5) is 5.69 Å². The fourth-order valence-electron chi connectivity index (χ4n) is 1.53. The van der Waals surface area contributed by atoms with E-state index in [2.05, 4.69) is 10.9 Å². The standard InChI is InChI=1S/C14H14N2O2/c17-14(18)12-8-6-11(7-9-12)10-15-16-13-4-2-1-3-5-13/h1-9,15-16H,10H2,(H,17,18). The van der Waals surface area contributed by atoms with Crippen molar-refractivity contribution in [2.45, 2.75) is 6.54 Å². The number of carboxylic acids is 1. The predicted octanol–water partition coefficient (Wildman–Crippen LogP) is 2.50. The van der Waals surface area contributed by atoms with Crippen molar-refractivity contribution in [2.24, 2.45) is 0 Å². The van der Waals surface area contributed by atoms with Gasteiger partial charge in [0.15, 0.2) is 0 Å². The van der Waals surface area contributed by atoms with Crippen LogP contribution in [-0.4, -0.2) is 11.1 Å². The van der Waals surface area contributed by atoms with Crippen molar-refractivity contribution in [3.8, 4) is 0 Å². The molecule has 2 rings (SSSR count). The highest BCUT2D eigenvalue weighted by Crippen LogP contribution is 2.06. The molecule has 0 fully saturated rings. The fourth-order valence-corrected chi connectivity index (χ4v) is 1.53. The SMILES string of the molecule is O=C(O)c1ccc(CNNc2ccccc2)cc1. The summed E-state index contributed by atoms with van der Waals surface area (Å²) in [6.07, 6.45) is 0. The molecule has 0 aromatic heterocycles. The molecule has 0 bridgehead atoms. The van der Waals surface area contributed by atoms with E-state index in [-0.39, 0.29) is 0 Å². The Labute approximate surface area is 105 Å². The lowest BCUT2D eigenvalue weighted by molar-refractivity contribution is 0.0697. The number of para-hydroxylation sites is 1. The van der Waals surface area contributed by atoms with E-state index >= 15 is 0 Å². The Kier molecular flexibility index (Phi) is 3.94. The molecule has 0 atom stereocenters. The van der Waals surface area contributed by atoms with Crippen LogP contribution in [0.5, 0.6) is 0 Å². The summed E-state index contributed by atoms with van der Waals surface area (Å²) in [5, 5.41) is 8.77. The van der Waals surface area contributed by atoms with E-state index in [0.717, 1.165) is 11.3 Å². The van der Waals surface area contributed by atoms with Crippen LogP contribution in [0.2, 0.25) is 0 Å². The molecule has 0 amide bonds. The molecule has 0 spiro atoms. The molecule has 0 saturated carbocycles. The lowest BCUT2D eigenvalue weighted by atomic mass is 10.1. The van der Waals surface area contributed by atoms with Gasteiger partial charge in [-0.05, 0) is 29.8 Å². The molecule has 4 heteroatoms. The van der Waals surface area contributed by atoms with Gasteiger partial charge in [0.1, 0.15) is 0 Å². The third-order valence-electron chi connectivity index (χ3n) is 2.50. The molecule has 0 radical (unpaired) electrons. The topological polar surface area (TPSA) is 61.4 Å². The van der Waals surface area contributed by atoms with Gasteiger partial charge in [-0.2, -0.15) is 0 Å². The molecule has 0 aliphatic carbocycles. The smallest absolute Gasteiger partial charge is 0.335 e. The average molecular weight is 242 g/mol. The summed E-state index contributed by atoms with van der Waals surface area (Å²) in [6, 6.07) is 16.6. The summed E-state index contributed by atoms with van der Waals surface area (Å²) < 4.78 is 0. The van der Waals surface area contributed by atoms with Gasteiger partial charge in [0.2, 0.25) is 0 Å². The van der Waals surface area contributed by atoms with E-state index < -0.39 is 5.97 Å². The molecule has 0 aliphatic heterocycles. The highest BCUT2D eigenvalue weighted by atomic mass is 16.4. The van der Waals surface area contributed by atoms with Crippen LogP contribution in [0.15, 0.2) is 54.6 Å². The minimum Gasteiger partial charge on any atom is -0.478 e. The zero-order valence-corrected chi connectivity index (χ0v) is 9.76. The maximum atomic E-state index is 10.7.